The number of nitrogens with two attached hydrogens (primary N) is 1. The first kappa shape index (κ1) is 13.9. The topological polar surface area (TPSA) is 101 Å². The predicted molar refractivity (Wildman–Crippen MR) is 77.8 cm³/mol. The largest absolute Gasteiger partial charge is 0.384 e. The Labute approximate surface area is 122 Å². The lowest BCUT2D eigenvalue weighted by Gasteiger charge is -2.08. The van der Waals surface area contributed by atoms with Gasteiger partial charge in [-0.2, -0.15) is 0 Å². The fourth-order valence-corrected chi connectivity index (χ4v) is 3.16. The Morgan fingerprint density at radius 2 is 2.37 bits per heavy atom. The molecule has 0 aliphatic carbocycles. The molecule has 1 heterocycles. The van der Waals surface area contributed by atoms with Gasteiger partial charge in [0.05, 0.1) is 0 Å². The number of rotatable bonds is 4. The van der Waals surface area contributed by atoms with E-state index in [9.17, 15) is 4.79 Å². The maximum Gasteiger partial charge on any atom is 0.343 e. The maximum atomic E-state index is 11.5. The third kappa shape index (κ3) is 2.90. The van der Waals surface area contributed by atoms with Crippen LogP contribution in [0.2, 0.25) is 0 Å². The molecule has 0 amide bonds. The van der Waals surface area contributed by atoms with Crippen molar-refractivity contribution in [1.29, 1.82) is 5.41 Å². The van der Waals surface area contributed by atoms with Crippen LogP contribution in [0.1, 0.15) is 12.5 Å². The zero-order chi connectivity index (χ0) is 14.0. The van der Waals surface area contributed by atoms with E-state index in [1.807, 2.05) is 19.1 Å². The second-order valence-electron chi connectivity index (χ2n) is 3.71. The van der Waals surface area contributed by atoms with Gasteiger partial charge < -0.3 is 5.73 Å². The van der Waals surface area contributed by atoms with Crippen molar-refractivity contribution in [3.8, 4) is 0 Å². The van der Waals surface area contributed by atoms with Gasteiger partial charge in [-0.25, -0.2) is 9.89 Å². The first-order valence-electron chi connectivity index (χ1n) is 5.50. The van der Waals surface area contributed by atoms with Gasteiger partial charge in [-0.3, -0.25) is 9.98 Å². The number of H-pyrrole nitrogens is 1. The molecule has 1 aromatic heterocycles. The third-order valence-electron chi connectivity index (χ3n) is 2.47. The maximum absolute atomic E-state index is 11.5. The van der Waals surface area contributed by atoms with Crippen LogP contribution in [0.4, 0.5) is 0 Å². The van der Waals surface area contributed by atoms with Crippen LogP contribution in [0.3, 0.4) is 0 Å². The van der Waals surface area contributed by atoms with Crippen LogP contribution in [0.25, 0.3) is 0 Å². The first-order valence-corrected chi connectivity index (χ1v) is 7.11. The van der Waals surface area contributed by atoms with Crippen molar-refractivity contribution < 1.29 is 0 Å². The summed E-state index contributed by atoms with van der Waals surface area (Å²) in [7, 11) is 0. The highest BCUT2D eigenvalue weighted by Crippen LogP contribution is 2.30. The molecule has 100 valence electrons. The fourth-order valence-electron chi connectivity index (χ4n) is 1.56. The van der Waals surface area contributed by atoms with Crippen molar-refractivity contribution in [3.63, 3.8) is 0 Å². The normalized spacial score (nSPS) is 10.6. The number of aromatic amines is 1. The summed E-state index contributed by atoms with van der Waals surface area (Å²) in [5.74, 6) is -0.0177. The monoisotopic (exact) mass is 341 g/mol. The quantitative estimate of drug-likeness (QED) is 0.582. The number of nitrogen functional groups attached to an aromatic ring is 1. The molecular weight excluding hydrogens is 330 g/mol. The molecule has 4 N–H and O–H groups in total. The molecule has 19 heavy (non-hydrogen) atoms. The summed E-state index contributed by atoms with van der Waals surface area (Å²) in [6.45, 7) is 2.40. The molecule has 0 unspecified atom stereocenters. The Morgan fingerprint density at radius 3 is 3.00 bits per heavy atom. The van der Waals surface area contributed by atoms with Gasteiger partial charge in [0.1, 0.15) is 5.84 Å². The molecule has 6 nitrogen and oxygen atoms in total. The average molecular weight is 342 g/mol. The molecule has 0 aliphatic rings. The van der Waals surface area contributed by atoms with Gasteiger partial charge in [-0.05, 0) is 36.9 Å². The van der Waals surface area contributed by atoms with E-state index in [4.69, 9.17) is 11.1 Å². The molecule has 8 heteroatoms. The zero-order valence-corrected chi connectivity index (χ0v) is 12.5. The second-order valence-corrected chi connectivity index (χ2v) is 5.64. The van der Waals surface area contributed by atoms with E-state index in [0.29, 0.717) is 17.3 Å². The van der Waals surface area contributed by atoms with Gasteiger partial charge in [0.25, 0.3) is 0 Å². The molecule has 0 saturated heterocycles. The number of amidine groups is 1. The van der Waals surface area contributed by atoms with Crippen LogP contribution in [-0.2, 0) is 6.54 Å². The fraction of sp³-hybridized carbons (Fsp3) is 0.182. The zero-order valence-electron chi connectivity index (χ0n) is 10.1. The Balaban J connectivity index is 2.45. The van der Waals surface area contributed by atoms with E-state index in [-0.39, 0.29) is 11.5 Å². The summed E-state index contributed by atoms with van der Waals surface area (Å²) in [4.78, 5) is 12.3. The molecule has 0 spiro atoms. The molecule has 0 fully saturated rings. The van der Waals surface area contributed by atoms with Gasteiger partial charge in [0.15, 0.2) is 5.16 Å². The molecule has 1 aromatic carbocycles. The predicted octanol–water partition coefficient (Wildman–Crippen LogP) is 1.79. The molecule has 2 rings (SSSR count). The lowest BCUT2D eigenvalue weighted by Crippen LogP contribution is -2.16. The number of benzene rings is 1. The lowest BCUT2D eigenvalue weighted by molar-refractivity contribution is 0.660. The highest BCUT2D eigenvalue weighted by atomic mass is 79.9. The Kier molecular flexibility index (Phi) is 4.11. The molecule has 0 bridgehead atoms. The van der Waals surface area contributed by atoms with E-state index in [1.54, 1.807) is 6.07 Å². The number of nitrogens with one attached hydrogen (secondary N) is 2. The standard InChI is InChI=1S/C11H12BrN5OS/c1-2-17-10(18)15-16-11(17)19-8-5-6(12)3-4-7(8)9(13)14/h3-5H,2H2,1H3,(H3,13,14)(H,15,18). The van der Waals surface area contributed by atoms with Crippen LogP contribution in [0.15, 0.2) is 37.5 Å². The summed E-state index contributed by atoms with van der Waals surface area (Å²) in [5.41, 5.74) is 5.92. The van der Waals surface area contributed by atoms with Gasteiger partial charge in [0.2, 0.25) is 0 Å². The van der Waals surface area contributed by atoms with E-state index in [0.717, 1.165) is 9.37 Å². The molecular formula is C11H12BrN5OS. The number of halogens is 1. The minimum Gasteiger partial charge on any atom is -0.384 e. The van der Waals surface area contributed by atoms with Crippen LogP contribution in [-0.4, -0.2) is 20.6 Å². The minimum absolute atomic E-state index is 0.0177. The van der Waals surface area contributed by atoms with Gasteiger partial charge in [-0.1, -0.05) is 15.9 Å². The van der Waals surface area contributed by atoms with Crippen LogP contribution < -0.4 is 11.4 Å². The summed E-state index contributed by atoms with van der Waals surface area (Å²) >= 11 is 4.68. The van der Waals surface area contributed by atoms with Crippen LogP contribution in [0.5, 0.6) is 0 Å². The number of aromatic nitrogens is 3. The van der Waals surface area contributed by atoms with Crippen molar-refractivity contribution in [2.24, 2.45) is 5.73 Å². The van der Waals surface area contributed by atoms with Crippen molar-refractivity contribution in [2.75, 3.05) is 0 Å². The summed E-state index contributed by atoms with van der Waals surface area (Å²) in [5, 5.41) is 14.5. The van der Waals surface area contributed by atoms with E-state index in [2.05, 4.69) is 26.1 Å². The third-order valence-corrected chi connectivity index (χ3v) is 4.02. The first-order chi connectivity index (χ1) is 9.02. The highest BCUT2D eigenvalue weighted by molar-refractivity contribution is 9.10. The summed E-state index contributed by atoms with van der Waals surface area (Å²) in [6.07, 6.45) is 0. The van der Waals surface area contributed by atoms with Gasteiger partial charge in [0, 0.05) is 21.5 Å². The molecule has 0 radical (unpaired) electrons. The van der Waals surface area contributed by atoms with Crippen molar-refractivity contribution in [2.45, 2.75) is 23.5 Å². The molecule has 0 atom stereocenters. The number of hydrogen-bond donors (Lipinski definition) is 3. The average Bonchev–Trinajstić information content (AvgIpc) is 2.69. The van der Waals surface area contributed by atoms with Crippen LogP contribution >= 0.6 is 27.7 Å². The Morgan fingerprint density at radius 1 is 1.63 bits per heavy atom. The van der Waals surface area contributed by atoms with Crippen LogP contribution in [0, 0.1) is 5.41 Å². The van der Waals surface area contributed by atoms with Gasteiger partial charge in [-0.15, -0.1) is 5.10 Å². The molecule has 2 aromatic rings. The number of nitrogens with zero attached hydrogens (tertiary/aromatic N) is 2. The van der Waals surface area contributed by atoms with E-state index in [1.165, 1.54) is 16.3 Å². The minimum atomic E-state index is -0.246. The van der Waals surface area contributed by atoms with E-state index < -0.39 is 0 Å². The smallest absolute Gasteiger partial charge is 0.343 e. The van der Waals surface area contributed by atoms with Gasteiger partial charge >= 0.3 is 5.69 Å². The van der Waals surface area contributed by atoms with E-state index >= 15 is 0 Å². The lowest BCUT2D eigenvalue weighted by atomic mass is 10.2. The number of hydrogen-bond acceptors (Lipinski definition) is 4. The summed E-state index contributed by atoms with van der Waals surface area (Å²) in [6, 6.07) is 5.43. The Bertz CT molecular complexity index is 678. The summed E-state index contributed by atoms with van der Waals surface area (Å²) < 4.78 is 2.40. The molecule has 0 saturated carbocycles. The second kappa shape index (κ2) is 5.62. The Hall–Kier alpha value is -1.54. The molecule has 0 aliphatic heterocycles. The SMILES string of the molecule is CCn1c(Sc2cc(Br)ccc2C(=N)N)n[nH]c1=O. The van der Waals surface area contributed by atoms with Crippen molar-refractivity contribution >= 4 is 33.5 Å². The van der Waals surface area contributed by atoms with Crippen molar-refractivity contribution in [3.05, 3.63) is 38.7 Å². The highest BCUT2D eigenvalue weighted by Gasteiger charge is 2.13. The van der Waals surface area contributed by atoms with Crippen molar-refractivity contribution in [1.82, 2.24) is 14.8 Å².